The maximum absolute atomic E-state index is 13.6. The number of rotatable bonds is 3. The maximum Gasteiger partial charge on any atom is 0.155 e. The van der Waals surface area contributed by atoms with Gasteiger partial charge in [0.25, 0.3) is 0 Å². The van der Waals surface area contributed by atoms with Crippen molar-refractivity contribution in [1.29, 1.82) is 0 Å². The van der Waals surface area contributed by atoms with Crippen molar-refractivity contribution in [3.63, 3.8) is 0 Å². The van der Waals surface area contributed by atoms with Crippen LogP contribution in [0, 0.1) is 5.82 Å². The molecule has 0 spiro atoms. The second-order valence-electron chi connectivity index (χ2n) is 4.45. The van der Waals surface area contributed by atoms with E-state index < -0.39 is 5.82 Å². The van der Waals surface area contributed by atoms with Crippen molar-refractivity contribution in [3.05, 3.63) is 34.6 Å². The molecule has 1 heterocycles. The number of ketones is 1. The first-order chi connectivity index (χ1) is 8.58. The van der Waals surface area contributed by atoms with Crippen molar-refractivity contribution < 1.29 is 9.18 Å². The van der Waals surface area contributed by atoms with Gasteiger partial charge in [-0.3, -0.25) is 9.69 Å². The molecule has 1 unspecified atom stereocenters. The lowest BCUT2D eigenvalue weighted by atomic mass is 10.0. The van der Waals surface area contributed by atoms with Gasteiger partial charge in [0.2, 0.25) is 0 Å². The lowest BCUT2D eigenvalue weighted by Crippen LogP contribution is -2.45. The van der Waals surface area contributed by atoms with Gasteiger partial charge in [0, 0.05) is 29.5 Å². The molecule has 2 rings (SSSR count). The van der Waals surface area contributed by atoms with Crippen LogP contribution in [0.25, 0.3) is 0 Å². The highest BCUT2D eigenvalue weighted by Gasteiger charge is 2.26. The summed E-state index contributed by atoms with van der Waals surface area (Å²) in [6.45, 7) is 0.907. The second kappa shape index (κ2) is 6.04. The van der Waals surface area contributed by atoms with Crippen LogP contribution in [0.2, 0.25) is 5.02 Å². The molecule has 0 aromatic heterocycles. The molecule has 18 heavy (non-hydrogen) atoms. The number of halogens is 2. The minimum absolute atomic E-state index is 0.0749. The van der Waals surface area contributed by atoms with Crippen molar-refractivity contribution in [2.24, 2.45) is 0 Å². The van der Waals surface area contributed by atoms with Gasteiger partial charge in [-0.25, -0.2) is 4.39 Å². The number of Topliss-reactive ketones (excluding diaryl/α,β-unsaturated/α-hetero) is 1. The Balaban J connectivity index is 2.06. The predicted molar refractivity (Wildman–Crippen MR) is 73.9 cm³/mol. The summed E-state index contributed by atoms with van der Waals surface area (Å²) in [6.07, 6.45) is 0.137. The average Bonchev–Trinajstić information content (AvgIpc) is 2.33. The van der Waals surface area contributed by atoms with Crippen molar-refractivity contribution in [2.75, 3.05) is 25.1 Å². The van der Waals surface area contributed by atoms with Crippen LogP contribution in [0.1, 0.15) is 5.56 Å². The number of carbonyl (C=O) groups excluding carboxylic acids is 1. The normalized spacial score (nSPS) is 20.9. The first-order valence-corrected chi connectivity index (χ1v) is 7.36. The van der Waals surface area contributed by atoms with E-state index in [2.05, 4.69) is 0 Å². The summed E-state index contributed by atoms with van der Waals surface area (Å²) in [5.74, 6) is 1.52. The number of benzene rings is 1. The van der Waals surface area contributed by atoms with Crippen LogP contribution in [0.15, 0.2) is 18.2 Å². The number of likely N-dealkylation sites (N-methyl/N-ethyl adjacent to an activating group) is 1. The molecule has 0 bridgehead atoms. The van der Waals surface area contributed by atoms with E-state index in [0.29, 0.717) is 10.6 Å². The Kier molecular flexibility index (Phi) is 4.65. The van der Waals surface area contributed by atoms with E-state index in [1.807, 2.05) is 11.9 Å². The molecule has 0 N–H and O–H groups in total. The highest BCUT2D eigenvalue weighted by molar-refractivity contribution is 7.99. The van der Waals surface area contributed by atoms with Crippen molar-refractivity contribution in [2.45, 2.75) is 12.5 Å². The summed E-state index contributed by atoms with van der Waals surface area (Å²) >= 11 is 7.46. The zero-order chi connectivity index (χ0) is 13.1. The van der Waals surface area contributed by atoms with E-state index in [0.717, 1.165) is 18.1 Å². The third-order valence-corrected chi connectivity index (χ3v) is 4.41. The standard InChI is InChI=1S/C13H15ClFNOS/c1-16-4-5-18-8-12(16)13(17)6-9-2-3-10(14)7-11(9)15/h2-3,7,12H,4-6,8H2,1H3. The number of thioether (sulfide) groups is 1. The summed E-state index contributed by atoms with van der Waals surface area (Å²) in [4.78, 5) is 14.2. The SMILES string of the molecule is CN1CCSCC1C(=O)Cc1ccc(Cl)cc1F. The van der Waals surface area contributed by atoms with E-state index in [1.165, 1.54) is 6.07 Å². The zero-order valence-electron chi connectivity index (χ0n) is 10.2. The van der Waals surface area contributed by atoms with Crippen LogP contribution >= 0.6 is 23.4 Å². The van der Waals surface area contributed by atoms with Crippen LogP contribution in [-0.2, 0) is 11.2 Å². The van der Waals surface area contributed by atoms with Gasteiger partial charge in [-0.1, -0.05) is 17.7 Å². The van der Waals surface area contributed by atoms with Crippen LogP contribution in [-0.4, -0.2) is 41.8 Å². The number of hydrogen-bond donors (Lipinski definition) is 0. The Morgan fingerprint density at radius 2 is 2.39 bits per heavy atom. The number of carbonyl (C=O) groups is 1. The molecule has 5 heteroatoms. The van der Waals surface area contributed by atoms with Gasteiger partial charge in [-0.05, 0) is 24.7 Å². The Bertz CT molecular complexity index is 455. The highest BCUT2D eigenvalue weighted by Crippen LogP contribution is 2.19. The monoisotopic (exact) mass is 287 g/mol. The van der Waals surface area contributed by atoms with E-state index in [1.54, 1.807) is 23.9 Å². The van der Waals surface area contributed by atoms with Gasteiger partial charge in [0.05, 0.1) is 6.04 Å². The predicted octanol–water partition coefficient (Wildman–Crippen LogP) is 2.64. The molecule has 0 radical (unpaired) electrons. The molecular formula is C13H15ClFNOS. The van der Waals surface area contributed by atoms with Crippen molar-refractivity contribution >= 4 is 29.1 Å². The molecule has 1 aliphatic rings. The van der Waals surface area contributed by atoms with Gasteiger partial charge < -0.3 is 0 Å². The molecule has 98 valence electrons. The summed E-state index contributed by atoms with van der Waals surface area (Å²) in [5, 5.41) is 0.356. The van der Waals surface area contributed by atoms with Gasteiger partial charge in [0.1, 0.15) is 5.82 Å². The molecule has 0 amide bonds. The fourth-order valence-corrected chi connectivity index (χ4v) is 3.40. The molecular weight excluding hydrogens is 273 g/mol. The van der Waals surface area contributed by atoms with Crippen LogP contribution < -0.4 is 0 Å². The molecule has 1 atom stereocenters. The topological polar surface area (TPSA) is 20.3 Å². The van der Waals surface area contributed by atoms with Gasteiger partial charge in [-0.2, -0.15) is 11.8 Å². The minimum Gasteiger partial charge on any atom is -0.298 e. The largest absolute Gasteiger partial charge is 0.298 e. The van der Waals surface area contributed by atoms with Crippen LogP contribution in [0.4, 0.5) is 4.39 Å². The average molecular weight is 288 g/mol. The zero-order valence-corrected chi connectivity index (χ0v) is 11.7. The molecule has 0 aliphatic carbocycles. The molecule has 1 aromatic rings. The number of hydrogen-bond acceptors (Lipinski definition) is 3. The molecule has 1 saturated heterocycles. The van der Waals surface area contributed by atoms with Gasteiger partial charge in [-0.15, -0.1) is 0 Å². The fraction of sp³-hybridized carbons (Fsp3) is 0.462. The fourth-order valence-electron chi connectivity index (χ4n) is 2.00. The Morgan fingerprint density at radius 3 is 3.06 bits per heavy atom. The first-order valence-electron chi connectivity index (χ1n) is 5.82. The van der Waals surface area contributed by atoms with E-state index in [-0.39, 0.29) is 18.2 Å². The summed E-state index contributed by atoms with van der Waals surface area (Å²) in [7, 11) is 1.94. The highest BCUT2D eigenvalue weighted by atomic mass is 35.5. The van der Waals surface area contributed by atoms with Crippen molar-refractivity contribution in [3.8, 4) is 0 Å². The van der Waals surface area contributed by atoms with Gasteiger partial charge >= 0.3 is 0 Å². The molecule has 2 nitrogen and oxygen atoms in total. The lowest BCUT2D eigenvalue weighted by molar-refractivity contribution is -0.122. The van der Waals surface area contributed by atoms with Crippen molar-refractivity contribution in [1.82, 2.24) is 4.90 Å². The Labute approximate surface area is 115 Å². The van der Waals surface area contributed by atoms with Crippen LogP contribution in [0.5, 0.6) is 0 Å². The molecule has 1 fully saturated rings. The van der Waals surface area contributed by atoms with E-state index in [4.69, 9.17) is 11.6 Å². The number of nitrogens with zero attached hydrogens (tertiary/aromatic N) is 1. The Morgan fingerprint density at radius 1 is 1.61 bits per heavy atom. The molecule has 1 aromatic carbocycles. The van der Waals surface area contributed by atoms with E-state index in [9.17, 15) is 9.18 Å². The summed E-state index contributed by atoms with van der Waals surface area (Å²) in [5.41, 5.74) is 0.424. The second-order valence-corrected chi connectivity index (χ2v) is 6.04. The summed E-state index contributed by atoms with van der Waals surface area (Å²) < 4.78 is 13.6. The molecule has 0 saturated carbocycles. The van der Waals surface area contributed by atoms with E-state index >= 15 is 0 Å². The smallest absolute Gasteiger partial charge is 0.155 e. The van der Waals surface area contributed by atoms with Crippen LogP contribution in [0.3, 0.4) is 0 Å². The third-order valence-electron chi connectivity index (χ3n) is 3.15. The lowest BCUT2D eigenvalue weighted by Gasteiger charge is -2.30. The molecule has 1 aliphatic heterocycles. The van der Waals surface area contributed by atoms with Gasteiger partial charge in [0.15, 0.2) is 5.78 Å². The quantitative estimate of drug-likeness (QED) is 0.852. The Hall–Kier alpha value is -0.580. The maximum atomic E-state index is 13.6. The third kappa shape index (κ3) is 3.25. The minimum atomic E-state index is -0.401. The summed E-state index contributed by atoms with van der Waals surface area (Å²) in [6, 6.07) is 4.36. The first kappa shape index (κ1) is 13.8.